The molecular weight excluding hydrogens is 293 g/mol. The average Bonchev–Trinajstić information content (AvgIpc) is 2.96. The zero-order chi connectivity index (χ0) is 16.2. The number of nitrogens with one attached hydrogen (secondary N) is 2. The first-order valence-corrected chi connectivity index (χ1v) is 7.34. The molecule has 1 aliphatic heterocycles. The molecule has 0 bridgehead atoms. The van der Waals surface area contributed by atoms with Crippen molar-refractivity contribution in [2.45, 2.75) is 26.4 Å². The van der Waals surface area contributed by atoms with E-state index in [1.807, 2.05) is 26.0 Å². The number of hydrogen-bond donors (Lipinski definition) is 2. The summed E-state index contributed by atoms with van der Waals surface area (Å²) in [5.41, 5.74) is -0.232. The van der Waals surface area contributed by atoms with Gasteiger partial charge in [-0.25, -0.2) is 0 Å². The molecule has 2 N–H and O–H groups in total. The summed E-state index contributed by atoms with van der Waals surface area (Å²) in [6, 6.07) is 5.51. The first kappa shape index (κ1) is 15.3. The van der Waals surface area contributed by atoms with Crippen LogP contribution in [-0.4, -0.2) is 31.7 Å². The van der Waals surface area contributed by atoms with Gasteiger partial charge in [0.05, 0.1) is 5.41 Å². The molecule has 22 heavy (non-hydrogen) atoms. The zero-order valence-corrected chi connectivity index (χ0v) is 12.6. The van der Waals surface area contributed by atoms with Crippen LogP contribution in [0.4, 0.5) is 13.2 Å². The Morgan fingerprint density at radius 1 is 1.32 bits per heavy atom. The van der Waals surface area contributed by atoms with Crippen molar-refractivity contribution in [2.75, 3.05) is 19.6 Å². The number of carbonyl (C=O) groups excluding carboxylic acids is 1. The fourth-order valence-electron chi connectivity index (χ4n) is 3.65. The molecule has 2 atom stereocenters. The van der Waals surface area contributed by atoms with Crippen LogP contribution < -0.4 is 10.6 Å². The van der Waals surface area contributed by atoms with E-state index in [0.29, 0.717) is 12.1 Å². The van der Waals surface area contributed by atoms with Gasteiger partial charge in [-0.15, -0.1) is 0 Å². The lowest BCUT2D eigenvalue weighted by Gasteiger charge is -2.21. The number of benzene rings is 1. The Kier molecular flexibility index (Phi) is 3.29. The van der Waals surface area contributed by atoms with Gasteiger partial charge in [0.1, 0.15) is 0 Å². The maximum Gasteiger partial charge on any atom is 0.396 e. The molecule has 1 heterocycles. The Bertz CT molecular complexity index is 628. The average molecular weight is 312 g/mol. The quantitative estimate of drug-likeness (QED) is 0.901. The Balaban J connectivity index is 1.71. The number of rotatable bonds is 3. The lowest BCUT2D eigenvalue weighted by Crippen LogP contribution is -2.37. The third-order valence-corrected chi connectivity index (χ3v) is 5.19. The minimum absolute atomic E-state index is 0.0458. The summed E-state index contributed by atoms with van der Waals surface area (Å²) in [6.45, 7) is 4.02. The van der Waals surface area contributed by atoms with E-state index in [-0.39, 0.29) is 25.4 Å². The van der Waals surface area contributed by atoms with Gasteiger partial charge in [0, 0.05) is 30.6 Å². The standard InChI is InChI=1S/C16H19F3N2O/c1-10-3-4-11(2)12(5-10)13(22)21-8-14-6-15(14,9-20-7-14)16(17,18)19/h3-5,20H,6-9H2,1-2H3,(H,21,22)/t14-,15-/m1/s1. The zero-order valence-electron chi connectivity index (χ0n) is 12.6. The third-order valence-electron chi connectivity index (χ3n) is 5.19. The number of hydrogen-bond acceptors (Lipinski definition) is 2. The lowest BCUT2D eigenvalue weighted by atomic mass is 9.95. The number of carbonyl (C=O) groups is 1. The van der Waals surface area contributed by atoms with E-state index in [0.717, 1.165) is 11.1 Å². The molecule has 3 rings (SSSR count). The molecule has 3 nitrogen and oxygen atoms in total. The monoisotopic (exact) mass is 312 g/mol. The highest BCUT2D eigenvalue weighted by Gasteiger charge is 2.81. The number of halogens is 3. The highest BCUT2D eigenvalue weighted by molar-refractivity contribution is 5.95. The Labute approximate surface area is 127 Å². The Morgan fingerprint density at radius 2 is 2.05 bits per heavy atom. The van der Waals surface area contributed by atoms with Crippen LogP contribution in [0.2, 0.25) is 0 Å². The van der Waals surface area contributed by atoms with Gasteiger partial charge in [-0.3, -0.25) is 4.79 Å². The maximum absolute atomic E-state index is 13.2. The molecule has 0 spiro atoms. The van der Waals surface area contributed by atoms with Crippen LogP contribution >= 0.6 is 0 Å². The van der Waals surface area contributed by atoms with E-state index in [1.54, 1.807) is 6.07 Å². The highest BCUT2D eigenvalue weighted by Crippen LogP contribution is 2.72. The second-order valence-corrected chi connectivity index (χ2v) is 6.64. The van der Waals surface area contributed by atoms with E-state index in [2.05, 4.69) is 10.6 Å². The van der Waals surface area contributed by atoms with Crippen molar-refractivity contribution >= 4 is 5.91 Å². The molecule has 0 unspecified atom stereocenters. The predicted molar refractivity (Wildman–Crippen MR) is 76.7 cm³/mol. The minimum atomic E-state index is -4.22. The van der Waals surface area contributed by atoms with Gasteiger partial charge in [-0.2, -0.15) is 13.2 Å². The predicted octanol–water partition coefficient (Wildman–Crippen LogP) is 2.58. The second-order valence-electron chi connectivity index (χ2n) is 6.64. The molecule has 6 heteroatoms. The molecule has 1 aromatic rings. The molecule has 1 aliphatic carbocycles. The van der Waals surface area contributed by atoms with E-state index in [9.17, 15) is 18.0 Å². The fraction of sp³-hybridized carbons (Fsp3) is 0.562. The molecule has 1 saturated carbocycles. The second kappa shape index (κ2) is 4.72. The van der Waals surface area contributed by atoms with E-state index in [4.69, 9.17) is 0 Å². The van der Waals surface area contributed by atoms with Crippen LogP contribution in [0.5, 0.6) is 0 Å². The summed E-state index contributed by atoms with van der Waals surface area (Å²) in [5.74, 6) is -0.301. The summed E-state index contributed by atoms with van der Waals surface area (Å²) in [5, 5.41) is 5.53. The first-order valence-electron chi connectivity index (χ1n) is 7.34. The Hall–Kier alpha value is -1.56. The summed E-state index contributed by atoms with van der Waals surface area (Å²) in [7, 11) is 0. The normalized spacial score (nSPS) is 30.0. The highest BCUT2D eigenvalue weighted by atomic mass is 19.4. The number of fused-ring (bicyclic) bond motifs is 1. The van der Waals surface area contributed by atoms with Crippen molar-refractivity contribution in [3.8, 4) is 0 Å². The van der Waals surface area contributed by atoms with Gasteiger partial charge in [-0.05, 0) is 31.9 Å². The summed E-state index contributed by atoms with van der Waals surface area (Å²) < 4.78 is 39.7. The molecule has 1 amide bonds. The van der Waals surface area contributed by atoms with E-state index in [1.165, 1.54) is 0 Å². The molecule has 1 aromatic carbocycles. The molecule has 2 fully saturated rings. The van der Waals surface area contributed by atoms with Gasteiger partial charge in [0.25, 0.3) is 5.91 Å². The topological polar surface area (TPSA) is 41.1 Å². The SMILES string of the molecule is Cc1ccc(C)c(C(=O)NC[C@@]23CNC[C@]2(C(F)(F)F)C3)c1. The summed E-state index contributed by atoms with van der Waals surface area (Å²) in [6.07, 6.45) is -4.12. The fourth-order valence-corrected chi connectivity index (χ4v) is 3.65. The number of piperidine rings is 1. The maximum atomic E-state index is 13.2. The number of amides is 1. The van der Waals surface area contributed by atoms with Gasteiger partial charge in [0.2, 0.25) is 0 Å². The molecule has 0 radical (unpaired) electrons. The molecule has 1 saturated heterocycles. The summed E-state index contributed by atoms with van der Waals surface area (Å²) >= 11 is 0. The van der Waals surface area contributed by atoms with Crippen molar-refractivity contribution in [1.82, 2.24) is 10.6 Å². The smallest absolute Gasteiger partial charge is 0.351 e. The minimum Gasteiger partial charge on any atom is -0.351 e. The van der Waals surface area contributed by atoms with E-state index >= 15 is 0 Å². The molecule has 0 aromatic heterocycles. The van der Waals surface area contributed by atoms with Crippen molar-refractivity contribution in [1.29, 1.82) is 0 Å². The van der Waals surface area contributed by atoms with Crippen LogP contribution in [0.1, 0.15) is 27.9 Å². The molecule has 2 aliphatic rings. The van der Waals surface area contributed by atoms with E-state index < -0.39 is 17.0 Å². The van der Waals surface area contributed by atoms with Crippen LogP contribution in [-0.2, 0) is 0 Å². The van der Waals surface area contributed by atoms with Gasteiger partial charge < -0.3 is 10.6 Å². The molecule has 120 valence electrons. The molecular formula is C16H19F3N2O. The van der Waals surface area contributed by atoms with Crippen LogP contribution in [0.25, 0.3) is 0 Å². The van der Waals surface area contributed by atoms with Crippen molar-refractivity contribution in [3.63, 3.8) is 0 Å². The van der Waals surface area contributed by atoms with Crippen LogP contribution in [0.15, 0.2) is 18.2 Å². The van der Waals surface area contributed by atoms with Crippen molar-refractivity contribution in [2.24, 2.45) is 10.8 Å². The van der Waals surface area contributed by atoms with Gasteiger partial charge in [-0.1, -0.05) is 17.7 Å². The first-order chi connectivity index (χ1) is 10.2. The van der Waals surface area contributed by atoms with Gasteiger partial charge in [0.15, 0.2) is 0 Å². The van der Waals surface area contributed by atoms with Gasteiger partial charge >= 0.3 is 6.18 Å². The lowest BCUT2D eigenvalue weighted by molar-refractivity contribution is -0.190. The number of aryl methyl sites for hydroxylation is 2. The number of alkyl halides is 3. The van der Waals surface area contributed by atoms with Crippen LogP contribution in [0.3, 0.4) is 0 Å². The van der Waals surface area contributed by atoms with Crippen LogP contribution in [0, 0.1) is 24.7 Å². The van der Waals surface area contributed by atoms with Crippen molar-refractivity contribution in [3.05, 3.63) is 34.9 Å². The van der Waals surface area contributed by atoms with Crippen molar-refractivity contribution < 1.29 is 18.0 Å². The third kappa shape index (κ3) is 2.12. The largest absolute Gasteiger partial charge is 0.396 e. The summed E-state index contributed by atoms with van der Waals surface area (Å²) in [4.78, 5) is 12.3. The Morgan fingerprint density at radius 3 is 2.68 bits per heavy atom.